The zero-order valence-electron chi connectivity index (χ0n) is 10.4. The third kappa shape index (κ3) is 2.11. The monoisotopic (exact) mass is 264 g/mol. The molecular weight excluding hydrogens is 252 g/mol. The molecule has 5 heteroatoms. The minimum absolute atomic E-state index is 0.398. The minimum atomic E-state index is -0.398. The quantitative estimate of drug-likeness (QED) is 0.907. The number of H-pyrrole nitrogens is 1. The van der Waals surface area contributed by atoms with E-state index in [0.29, 0.717) is 16.5 Å². The zero-order chi connectivity index (χ0) is 13.3. The highest BCUT2D eigenvalue weighted by atomic mass is 35.5. The summed E-state index contributed by atoms with van der Waals surface area (Å²) < 4.78 is 5.36. The van der Waals surface area contributed by atoms with Crippen molar-refractivity contribution in [2.45, 2.75) is 13.8 Å². The molecule has 4 nitrogen and oxygen atoms in total. The van der Waals surface area contributed by atoms with Crippen LogP contribution in [-0.2, 0) is 0 Å². The van der Waals surface area contributed by atoms with Crippen LogP contribution in [0.15, 0.2) is 23.1 Å². The fraction of sp³-hybridized carbons (Fsp3) is 0.231. The first-order valence-corrected chi connectivity index (χ1v) is 5.81. The van der Waals surface area contributed by atoms with Crippen LogP contribution in [0, 0.1) is 13.8 Å². The van der Waals surface area contributed by atoms with Crippen molar-refractivity contribution in [3.8, 4) is 17.0 Å². The van der Waals surface area contributed by atoms with E-state index < -0.39 is 5.69 Å². The van der Waals surface area contributed by atoms with Crippen LogP contribution in [0.5, 0.6) is 5.75 Å². The highest BCUT2D eigenvalue weighted by molar-refractivity contribution is 6.32. The van der Waals surface area contributed by atoms with E-state index in [4.69, 9.17) is 16.3 Å². The number of aromatic amines is 1. The van der Waals surface area contributed by atoms with Crippen LogP contribution in [0.2, 0.25) is 5.02 Å². The number of benzene rings is 1. The molecule has 1 N–H and O–H groups in total. The first-order valence-electron chi connectivity index (χ1n) is 5.44. The van der Waals surface area contributed by atoms with Crippen molar-refractivity contribution < 1.29 is 4.74 Å². The number of aromatic nitrogens is 2. The van der Waals surface area contributed by atoms with Crippen molar-refractivity contribution in [3.05, 3.63) is 45.0 Å². The molecule has 18 heavy (non-hydrogen) atoms. The zero-order valence-corrected chi connectivity index (χ0v) is 11.1. The molecule has 0 unspecified atom stereocenters. The Morgan fingerprint density at radius 3 is 2.72 bits per heavy atom. The van der Waals surface area contributed by atoms with Crippen molar-refractivity contribution in [2.24, 2.45) is 0 Å². The third-order valence-corrected chi connectivity index (χ3v) is 3.39. The van der Waals surface area contributed by atoms with E-state index in [1.807, 2.05) is 19.9 Å². The Labute approximate surface area is 110 Å². The van der Waals surface area contributed by atoms with Crippen molar-refractivity contribution in [1.29, 1.82) is 0 Å². The lowest BCUT2D eigenvalue weighted by atomic mass is 10.0. The maximum atomic E-state index is 11.3. The van der Waals surface area contributed by atoms with Gasteiger partial charge in [-0.15, -0.1) is 0 Å². The largest absolute Gasteiger partial charge is 0.496 e. The number of methoxy groups -OCH3 is 1. The average molecular weight is 265 g/mol. The first-order chi connectivity index (χ1) is 8.54. The maximum absolute atomic E-state index is 11.3. The Kier molecular flexibility index (Phi) is 3.39. The molecule has 0 saturated heterocycles. The Hall–Kier alpha value is -1.81. The normalized spacial score (nSPS) is 10.4. The van der Waals surface area contributed by atoms with Crippen LogP contribution in [0.3, 0.4) is 0 Å². The van der Waals surface area contributed by atoms with Crippen molar-refractivity contribution in [2.75, 3.05) is 7.11 Å². The van der Waals surface area contributed by atoms with E-state index in [1.165, 1.54) is 6.20 Å². The van der Waals surface area contributed by atoms with E-state index in [-0.39, 0.29) is 0 Å². The number of hydrogen-bond acceptors (Lipinski definition) is 3. The summed E-state index contributed by atoms with van der Waals surface area (Å²) in [5.74, 6) is 0.677. The predicted molar refractivity (Wildman–Crippen MR) is 71.3 cm³/mol. The van der Waals surface area contributed by atoms with Gasteiger partial charge >= 0.3 is 5.69 Å². The van der Waals surface area contributed by atoms with Gasteiger partial charge in [-0.05, 0) is 37.1 Å². The summed E-state index contributed by atoms with van der Waals surface area (Å²) in [7, 11) is 1.59. The number of nitrogens with zero attached hydrogens (tertiary/aromatic N) is 1. The lowest BCUT2D eigenvalue weighted by Gasteiger charge is -2.14. The highest BCUT2D eigenvalue weighted by Gasteiger charge is 2.15. The summed E-state index contributed by atoms with van der Waals surface area (Å²) in [5, 5.41) is 0.670. The molecule has 2 rings (SSSR count). The summed E-state index contributed by atoms with van der Waals surface area (Å²) in [5.41, 5.74) is 2.84. The van der Waals surface area contributed by atoms with Gasteiger partial charge in [0.15, 0.2) is 0 Å². The molecule has 0 saturated carbocycles. The first kappa shape index (κ1) is 12.6. The second kappa shape index (κ2) is 4.82. The summed E-state index contributed by atoms with van der Waals surface area (Å²) >= 11 is 6.24. The Morgan fingerprint density at radius 2 is 2.11 bits per heavy atom. The molecule has 0 fully saturated rings. The molecule has 0 bridgehead atoms. The molecule has 94 valence electrons. The lowest BCUT2D eigenvalue weighted by Crippen LogP contribution is -2.10. The number of halogens is 1. The Bertz CT molecular complexity index is 650. The van der Waals surface area contributed by atoms with Crippen LogP contribution in [0.25, 0.3) is 11.3 Å². The molecule has 0 aliphatic carbocycles. The minimum Gasteiger partial charge on any atom is -0.496 e. The van der Waals surface area contributed by atoms with E-state index >= 15 is 0 Å². The van der Waals surface area contributed by atoms with Gasteiger partial charge in [0, 0.05) is 16.8 Å². The summed E-state index contributed by atoms with van der Waals surface area (Å²) in [6.45, 7) is 3.81. The third-order valence-electron chi connectivity index (χ3n) is 2.81. The molecule has 0 spiro atoms. The van der Waals surface area contributed by atoms with Gasteiger partial charge in [0.2, 0.25) is 0 Å². The number of nitrogens with one attached hydrogen (secondary N) is 1. The van der Waals surface area contributed by atoms with Crippen LogP contribution >= 0.6 is 11.6 Å². The van der Waals surface area contributed by atoms with E-state index in [9.17, 15) is 4.79 Å². The molecule has 0 atom stereocenters. The fourth-order valence-electron chi connectivity index (χ4n) is 1.93. The van der Waals surface area contributed by atoms with Gasteiger partial charge in [0.1, 0.15) is 5.75 Å². The topological polar surface area (TPSA) is 55.0 Å². The van der Waals surface area contributed by atoms with Gasteiger partial charge in [0.05, 0.1) is 12.8 Å². The summed E-state index contributed by atoms with van der Waals surface area (Å²) in [4.78, 5) is 17.6. The second-order valence-electron chi connectivity index (χ2n) is 4.00. The second-order valence-corrected chi connectivity index (χ2v) is 4.38. The smallest absolute Gasteiger partial charge is 0.345 e. The van der Waals surface area contributed by atoms with E-state index in [1.54, 1.807) is 13.2 Å². The molecule has 1 aromatic heterocycles. The number of aryl methyl sites for hydroxylation is 1. The van der Waals surface area contributed by atoms with Crippen molar-refractivity contribution in [3.63, 3.8) is 0 Å². The maximum Gasteiger partial charge on any atom is 0.345 e. The van der Waals surface area contributed by atoms with E-state index in [2.05, 4.69) is 9.97 Å². The predicted octanol–water partition coefficient (Wildman–Crippen LogP) is 2.72. The molecule has 0 radical (unpaired) electrons. The Morgan fingerprint density at radius 1 is 1.39 bits per heavy atom. The van der Waals surface area contributed by atoms with Gasteiger partial charge in [-0.1, -0.05) is 11.6 Å². The fourth-order valence-corrected chi connectivity index (χ4v) is 2.08. The van der Waals surface area contributed by atoms with Crippen molar-refractivity contribution >= 4 is 11.6 Å². The molecule has 0 aliphatic heterocycles. The van der Waals surface area contributed by atoms with E-state index in [0.717, 1.165) is 16.7 Å². The molecule has 1 aromatic carbocycles. The number of ether oxygens (including phenoxy) is 1. The number of rotatable bonds is 2. The molecular formula is C13H13ClN2O2. The van der Waals surface area contributed by atoms with Gasteiger partial charge in [-0.2, -0.15) is 0 Å². The standard InChI is InChI=1S/C13H13ClN2O2/c1-7-6-10(18-3)11(8(2)12(7)14)9-4-5-15-13(17)16-9/h4-6H,1-3H3,(H,15,16,17). The summed E-state index contributed by atoms with van der Waals surface area (Å²) in [6, 6.07) is 3.57. The van der Waals surface area contributed by atoms with Crippen LogP contribution < -0.4 is 10.4 Å². The van der Waals surface area contributed by atoms with Crippen LogP contribution in [-0.4, -0.2) is 17.1 Å². The van der Waals surface area contributed by atoms with Gasteiger partial charge in [0.25, 0.3) is 0 Å². The number of hydrogen-bond donors (Lipinski definition) is 1. The van der Waals surface area contributed by atoms with Crippen LogP contribution in [0.1, 0.15) is 11.1 Å². The van der Waals surface area contributed by atoms with Gasteiger partial charge < -0.3 is 9.72 Å². The molecule has 0 amide bonds. The summed E-state index contributed by atoms with van der Waals surface area (Å²) in [6.07, 6.45) is 1.46. The van der Waals surface area contributed by atoms with Crippen LogP contribution in [0.4, 0.5) is 0 Å². The Balaban J connectivity index is 2.77. The van der Waals surface area contributed by atoms with Gasteiger partial charge in [-0.25, -0.2) is 9.78 Å². The molecule has 0 aliphatic rings. The SMILES string of the molecule is COc1cc(C)c(Cl)c(C)c1-c1ccnc(=O)[nH]1. The average Bonchev–Trinajstić information content (AvgIpc) is 2.35. The highest BCUT2D eigenvalue weighted by Crippen LogP contribution is 2.37. The van der Waals surface area contributed by atoms with Gasteiger partial charge in [-0.3, -0.25) is 0 Å². The van der Waals surface area contributed by atoms with Crippen molar-refractivity contribution in [1.82, 2.24) is 9.97 Å². The molecule has 1 heterocycles. The molecule has 2 aromatic rings. The lowest BCUT2D eigenvalue weighted by molar-refractivity contribution is 0.415.